The molecule has 0 aromatic heterocycles. The normalized spacial score (nSPS) is 9.97. The van der Waals surface area contributed by atoms with Crippen molar-refractivity contribution in [3.63, 3.8) is 0 Å². The van der Waals surface area contributed by atoms with Crippen LogP contribution in [0.2, 0.25) is 0 Å². The highest BCUT2D eigenvalue weighted by Gasteiger charge is 2.15. The number of benzene rings is 2. The van der Waals surface area contributed by atoms with E-state index in [1.807, 2.05) is 0 Å². The third-order valence-corrected chi connectivity index (χ3v) is 4.04. The van der Waals surface area contributed by atoms with E-state index in [0.29, 0.717) is 41.6 Å². The second-order valence-corrected chi connectivity index (χ2v) is 6.18. The topological polar surface area (TPSA) is 107 Å². The van der Waals surface area contributed by atoms with Gasteiger partial charge >= 0.3 is 0 Å². The fourth-order valence-corrected chi connectivity index (χ4v) is 2.52. The number of thiocarbonyl (C=S) groups is 1. The van der Waals surface area contributed by atoms with Gasteiger partial charge in [-0.05, 0) is 42.5 Å². The van der Waals surface area contributed by atoms with Crippen molar-refractivity contribution in [3.05, 3.63) is 53.6 Å². The van der Waals surface area contributed by atoms with Crippen molar-refractivity contribution in [1.82, 2.24) is 16.2 Å². The van der Waals surface area contributed by atoms with Crippen LogP contribution in [-0.2, 0) is 4.74 Å². The third-order valence-electron chi connectivity index (χ3n) is 3.84. The van der Waals surface area contributed by atoms with Crippen LogP contribution in [0.4, 0.5) is 0 Å². The lowest BCUT2D eigenvalue weighted by Crippen LogP contribution is -2.48. The zero-order valence-electron chi connectivity index (χ0n) is 16.8. The Labute approximate surface area is 179 Å². The van der Waals surface area contributed by atoms with E-state index >= 15 is 0 Å². The van der Waals surface area contributed by atoms with E-state index in [-0.39, 0.29) is 5.11 Å². The molecule has 2 aromatic rings. The van der Waals surface area contributed by atoms with Crippen LogP contribution in [0.1, 0.15) is 20.7 Å². The molecular formula is C20H23N3O6S. The summed E-state index contributed by atoms with van der Waals surface area (Å²) in [6, 6.07) is 11.4. The molecule has 0 saturated heterocycles. The number of hydrogen-bond acceptors (Lipinski definition) is 7. The zero-order chi connectivity index (χ0) is 21.9. The van der Waals surface area contributed by atoms with Crippen LogP contribution in [0.5, 0.6) is 17.2 Å². The minimum Gasteiger partial charge on any atom is -0.493 e. The Morgan fingerprint density at radius 3 is 2.30 bits per heavy atom. The Balaban J connectivity index is 1.93. The number of amides is 2. The Kier molecular flexibility index (Phi) is 8.85. The highest BCUT2D eigenvalue weighted by atomic mass is 32.1. The maximum atomic E-state index is 12.5. The molecule has 2 rings (SSSR count). The summed E-state index contributed by atoms with van der Waals surface area (Å²) in [5, 5.41) is 2.40. The molecule has 2 amide bonds. The molecule has 0 heterocycles. The largest absolute Gasteiger partial charge is 0.493 e. The lowest BCUT2D eigenvalue weighted by Gasteiger charge is -2.14. The van der Waals surface area contributed by atoms with Gasteiger partial charge in [-0.1, -0.05) is 12.1 Å². The van der Waals surface area contributed by atoms with Crippen LogP contribution in [-0.4, -0.2) is 51.5 Å². The molecule has 30 heavy (non-hydrogen) atoms. The molecule has 0 atom stereocenters. The highest BCUT2D eigenvalue weighted by Crippen LogP contribution is 2.27. The predicted molar refractivity (Wildman–Crippen MR) is 114 cm³/mol. The lowest BCUT2D eigenvalue weighted by molar-refractivity contribution is 0.0932. The molecule has 0 aliphatic rings. The fourth-order valence-electron chi connectivity index (χ4n) is 2.38. The number of carbonyl (C=O) groups excluding carboxylic acids is 2. The number of methoxy groups -OCH3 is 3. The van der Waals surface area contributed by atoms with Crippen LogP contribution >= 0.6 is 12.2 Å². The smallest absolute Gasteiger partial charge is 0.269 e. The molecule has 10 heteroatoms. The van der Waals surface area contributed by atoms with Gasteiger partial charge in [-0.15, -0.1) is 0 Å². The van der Waals surface area contributed by atoms with E-state index in [1.54, 1.807) is 43.5 Å². The number of para-hydroxylation sites is 1. The third kappa shape index (κ3) is 6.33. The summed E-state index contributed by atoms with van der Waals surface area (Å²) in [4.78, 5) is 24.8. The van der Waals surface area contributed by atoms with Gasteiger partial charge in [0, 0.05) is 12.7 Å². The van der Waals surface area contributed by atoms with Gasteiger partial charge < -0.3 is 18.9 Å². The van der Waals surface area contributed by atoms with Gasteiger partial charge in [0.1, 0.15) is 12.4 Å². The van der Waals surface area contributed by atoms with E-state index in [2.05, 4.69) is 16.2 Å². The summed E-state index contributed by atoms with van der Waals surface area (Å²) in [7, 11) is 4.53. The van der Waals surface area contributed by atoms with Crippen molar-refractivity contribution in [3.8, 4) is 17.2 Å². The minimum absolute atomic E-state index is 0.0829. The van der Waals surface area contributed by atoms with Crippen LogP contribution in [0, 0.1) is 0 Å². The molecular weight excluding hydrogens is 410 g/mol. The monoisotopic (exact) mass is 433 g/mol. The Morgan fingerprint density at radius 1 is 0.867 bits per heavy atom. The Hall–Kier alpha value is -3.37. The quantitative estimate of drug-likeness (QED) is 0.328. The van der Waals surface area contributed by atoms with Crippen molar-refractivity contribution >= 4 is 29.1 Å². The molecule has 2 aromatic carbocycles. The molecule has 3 N–H and O–H groups in total. The summed E-state index contributed by atoms with van der Waals surface area (Å²) in [5.41, 5.74) is 5.50. The van der Waals surface area contributed by atoms with E-state index < -0.39 is 11.8 Å². The van der Waals surface area contributed by atoms with Crippen molar-refractivity contribution in [1.29, 1.82) is 0 Å². The average Bonchev–Trinajstić information content (AvgIpc) is 2.77. The van der Waals surface area contributed by atoms with E-state index in [1.165, 1.54) is 20.3 Å². The van der Waals surface area contributed by atoms with Gasteiger partial charge in [0.15, 0.2) is 16.6 Å². The fraction of sp³-hybridized carbons (Fsp3) is 0.250. The number of hydrazine groups is 1. The summed E-state index contributed by atoms with van der Waals surface area (Å²) in [5.74, 6) is 0.336. The average molecular weight is 433 g/mol. The van der Waals surface area contributed by atoms with Crippen LogP contribution in [0.15, 0.2) is 42.5 Å². The van der Waals surface area contributed by atoms with Gasteiger partial charge in [0.25, 0.3) is 11.8 Å². The summed E-state index contributed by atoms with van der Waals surface area (Å²) in [6.07, 6.45) is 0. The molecule has 160 valence electrons. The standard InChI is InChI=1S/C20H23N3O6S/c1-26-10-11-29-15-7-5-4-6-14(15)19(25)21-20(30)23-22-18(24)13-8-9-16(27-2)17(12-13)28-3/h4-9,12H,10-11H2,1-3H3,(H,22,24)(H2,21,23,25,30). The first-order valence-electron chi connectivity index (χ1n) is 8.84. The number of rotatable bonds is 8. The van der Waals surface area contributed by atoms with E-state index in [4.69, 9.17) is 31.2 Å². The first kappa shape index (κ1) is 22.9. The minimum atomic E-state index is -0.485. The van der Waals surface area contributed by atoms with Gasteiger partial charge in [-0.25, -0.2) is 0 Å². The van der Waals surface area contributed by atoms with Gasteiger partial charge in [-0.3, -0.25) is 25.8 Å². The molecule has 0 aliphatic heterocycles. The van der Waals surface area contributed by atoms with Gasteiger partial charge in [0.2, 0.25) is 0 Å². The van der Waals surface area contributed by atoms with Crippen LogP contribution < -0.4 is 30.4 Å². The molecule has 0 aliphatic carbocycles. The van der Waals surface area contributed by atoms with Crippen LogP contribution in [0.3, 0.4) is 0 Å². The van der Waals surface area contributed by atoms with Gasteiger partial charge in [-0.2, -0.15) is 0 Å². The van der Waals surface area contributed by atoms with E-state index in [0.717, 1.165) is 0 Å². The molecule has 0 spiro atoms. The number of nitrogens with one attached hydrogen (secondary N) is 3. The first-order valence-corrected chi connectivity index (χ1v) is 9.25. The summed E-state index contributed by atoms with van der Waals surface area (Å²) >= 11 is 5.07. The number of ether oxygens (including phenoxy) is 4. The maximum absolute atomic E-state index is 12.5. The molecule has 0 saturated carbocycles. The SMILES string of the molecule is COCCOc1ccccc1C(=O)NC(=S)NNC(=O)c1ccc(OC)c(OC)c1. The van der Waals surface area contributed by atoms with Gasteiger partial charge in [0.05, 0.1) is 26.4 Å². The lowest BCUT2D eigenvalue weighted by atomic mass is 10.2. The Morgan fingerprint density at radius 2 is 1.60 bits per heavy atom. The second kappa shape index (κ2) is 11.6. The summed E-state index contributed by atoms with van der Waals surface area (Å²) < 4.78 is 20.8. The van der Waals surface area contributed by atoms with E-state index in [9.17, 15) is 9.59 Å². The highest BCUT2D eigenvalue weighted by molar-refractivity contribution is 7.80. The Bertz CT molecular complexity index is 906. The molecule has 0 radical (unpaired) electrons. The maximum Gasteiger partial charge on any atom is 0.269 e. The van der Waals surface area contributed by atoms with Crippen molar-refractivity contribution < 1.29 is 28.5 Å². The molecule has 9 nitrogen and oxygen atoms in total. The molecule has 0 fully saturated rings. The van der Waals surface area contributed by atoms with Crippen molar-refractivity contribution in [2.24, 2.45) is 0 Å². The zero-order valence-corrected chi connectivity index (χ0v) is 17.6. The predicted octanol–water partition coefficient (Wildman–Crippen LogP) is 1.68. The first-order chi connectivity index (χ1) is 14.5. The van der Waals surface area contributed by atoms with Crippen molar-refractivity contribution in [2.45, 2.75) is 0 Å². The molecule has 0 bridgehead atoms. The number of hydrogen-bond donors (Lipinski definition) is 3. The number of carbonyl (C=O) groups is 2. The second-order valence-electron chi connectivity index (χ2n) is 5.77. The van der Waals surface area contributed by atoms with Crippen LogP contribution in [0.25, 0.3) is 0 Å². The molecule has 0 unspecified atom stereocenters. The summed E-state index contributed by atoms with van der Waals surface area (Å²) in [6.45, 7) is 0.684. The van der Waals surface area contributed by atoms with Crippen molar-refractivity contribution in [2.75, 3.05) is 34.5 Å².